The van der Waals surface area contributed by atoms with Crippen LogP contribution in [0.3, 0.4) is 0 Å². The number of carboxylic acid groups (broad SMARTS) is 1. The van der Waals surface area contributed by atoms with Crippen molar-refractivity contribution in [2.24, 2.45) is 0 Å². The number of nitrogens with zero attached hydrogens (tertiary/aromatic N) is 2. The largest absolute Gasteiger partial charge is 0.479 e. The SMILES string of the molecule is CC(C)(C)[Si](C)(C)O[C@H](CCCc1cccc(-n2cccn2)c1)C(=O)O. The van der Waals surface area contributed by atoms with E-state index in [1.807, 2.05) is 29.1 Å². The van der Waals surface area contributed by atoms with Gasteiger partial charge in [0.2, 0.25) is 0 Å². The lowest BCUT2D eigenvalue weighted by Gasteiger charge is -2.38. The lowest BCUT2D eigenvalue weighted by Crippen LogP contribution is -2.46. The van der Waals surface area contributed by atoms with Crippen LogP contribution in [0.1, 0.15) is 39.2 Å². The van der Waals surface area contributed by atoms with Gasteiger partial charge in [-0.3, -0.25) is 0 Å². The highest BCUT2D eigenvalue weighted by atomic mass is 28.4. The minimum atomic E-state index is -2.10. The fraction of sp³-hybridized carbons (Fsp3) is 0.500. The molecule has 0 aliphatic heterocycles. The van der Waals surface area contributed by atoms with E-state index in [0.29, 0.717) is 6.42 Å². The summed E-state index contributed by atoms with van der Waals surface area (Å²) in [5.74, 6) is -0.861. The predicted molar refractivity (Wildman–Crippen MR) is 106 cm³/mol. The first-order chi connectivity index (χ1) is 12.1. The molecular formula is C20H30N2O3Si. The molecule has 0 bridgehead atoms. The summed E-state index contributed by atoms with van der Waals surface area (Å²) >= 11 is 0. The zero-order chi connectivity index (χ0) is 19.4. The summed E-state index contributed by atoms with van der Waals surface area (Å²) in [6, 6.07) is 10.1. The molecule has 0 saturated carbocycles. The maximum atomic E-state index is 11.6. The van der Waals surface area contributed by atoms with Gasteiger partial charge in [0.05, 0.1) is 5.69 Å². The number of carbonyl (C=O) groups is 1. The molecule has 0 spiro atoms. The van der Waals surface area contributed by atoms with Gasteiger partial charge in [0.15, 0.2) is 8.32 Å². The van der Waals surface area contributed by atoms with Crippen LogP contribution in [0.5, 0.6) is 0 Å². The second-order valence-corrected chi connectivity index (χ2v) is 13.0. The molecule has 0 radical (unpaired) electrons. The van der Waals surface area contributed by atoms with Crippen LogP contribution >= 0.6 is 0 Å². The highest BCUT2D eigenvalue weighted by Crippen LogP contribution is 2.37. The third-order valence-electron chi connectivity index (χ3n) is 5.13. The Morgan fingerprint density at radius 1 is 1.31 bits per heavy atom. The van der Waals surface area contributed by atoms with Crippen molar-refractivity contribution in [3.8, 4) is 5.69 Å². The summed E-state index contributed by atoms with van der Waals surface area (Å²) in [6.07, 6.45) is 5.04. The third kappa shape index (κ3) is 5.29. The second-order valence-electron chi connectivity index (χ2n) is 8.22. The highest BCUT2D eigenvalue weighted by molar-refractivity contribution is 6.74. The van der Waals surface area contributed by atoms with Gasteiger partial charge in [-0.15, -0.1) is 0 Å². The molecule has 1 aromatic carbocycles. The number of aryl methyl sites for hydroxylation is 1. The number of hydrogen-bond donors (Lipinski definition) is 1. The zero-order valence-corrected chi connectivity index (χ0v) is 17.4. The Morgan fingerprint density at radius 2 is 2.04 bits per heavy atom. The van der Waals surface area contributed by atoms with Crippen LogP contribution in [0.4, 0.5) is 0 Å². The van der Waals surface area contributed by atoms with Crippen molar-refractivity contribution >= 4 is 14.3 Å². The normalized spacial score (nSPS) is 13.6. The van der Waals surface area contributed by atoms with Gasteiger partial charge in [0.25, 0.3) is 0 Å². The fourth-order valence-electron chi connectivity index (χ4n) is 2.53. The number of aliphatic carboxylic acids is 1. The minimum absolute atomic E-state index is 0.00120. The van der Waals surface area contributed by atoms with Crippen molar-refractivity contribution < 1.29 is 14.3 Å². The Kier molecular flexibility index (Phi) is 6.42. The molecule has 2 rings (SSSR count). The predicted octanol–water partition coefficient (Wildman–Crippen LogP) is 4.67. The molecule has 0 fully saturated rings. The van der Waals surface area contributed by atoms with E-state index in [-0.39, 0.29) is 5.04 Å². The molecule has 26 heavy (non-hydrogen) atoms. The Hall–Kier alpha value is -1.92. The number of hydrogen-bond acceptors (Lipinski definition) is 3. The summed E-state index contributed by atoms with van der Waals surface area (Å²) in [5, 5.41) is 13.8. The van der Waals surface area contributed by atoms with Gasteiger partial charge in [-0.05, 0) is 61.2 Å². The monoisotopic (exact) mass is 374 g/mol. The summed E-state index contributed by atoms with van der Waals surface area (Å²) in [7, 11) is -2.10. The van der Waals surface area contributed by atoms with Crippen molar-refractivity contribution in [3.63, 3.8) is 0 Å². The number of rotatable bonds is 8. The summed E-state index contributed by atoms with van der Waals surface area (Å²) in [6.45, 7) is 10.6. The lowest BCUT2D eigenvalue weighted by atomic mass is 10.1. The fourth-order valence-corrected chi connectivity index (χ4v) is 3.82. The quantitative estimate of drug-likeness (QED) is 0.682. The second kappa shape index (κ2) is 8.18. The first-order valence-corrected chi connectivity index (χ1v) is 12.0. The molecule has 0 aliphatic carbocycles. The van der Waals surface area contributed by atoms with Crippen LogP contribution in [-0.4, -0.2) is 35.3 Å². The lowest BCUT2D eigenvalue weighted by molar-refractivity contribution is -0.146. The molecule has 2 aromatic rings. The van der Waals surface area contributed by atoms with Crippen molar-refractivity contribution in [1.82, 2.24) is 9.78 Å². The molecule has 1 atom stereocenters. The van der Waals surface area contributed by atoms with Gasteiger partial charge in [0, 0.05) is 12.4 Å². The van der Waals surface area contributed by atoms with E-state index in [2.05, 4.69) is 51.1 Å². The molecule has 1 aromatic heterocycles. The van der Waals surface area contributed by atoms with Crippen molar-refractivity contribution in [2.75, 3.05) is 0 Å². The van der Waals surface area contributed by atoms with E-state index >= 15 is 0 Å². The molecule has 1 N–H and O–H groups in total. The van der Waals surface area contributed by atoms with Gasteiger partial charge >= 0.3 is 5.97 Å². The number of carboxylic acids is 1. The van der Waals surface area contributed by atoms with Gasteiger partial charge < -0.3 is 9.53 Å². The average molecular weight is 375 g/mol. The molecule has 0 amide bonds. The van der Waals surface area contributed by atoms with E-state index in [1.165, 1.54) is 5.56 Å². The van der Waals surface area contributed by atoms with Gasteiger partial charge in [-0.1, -0.05) is 32.9 Å². The molecular weight excluding hydrogens is 344 g/mol. The highest BCUT2D eigenvalue weighted by Gasteiger charge is 2.40. The van der Waals surface area contributed by atoms with E-state index in [0.717, 1.165) is 18.5 Å². The molecule has 0 saturated heterocycles. The molecule has 0 unspecified atom stereocenters. The third-order valence-corrected chi connectivity index (χ3v) is 9.62. The number of aromatic nitrogens is 2. The molecule has 6 heteroatoms. The van der Waals surface area contributed by atoms with Crippen LogP contribution in [0, 0.1) is 0 Å². The van der Waals surface area contributed by atoms with Gasteiger partial charge in [-0.2, -0.15) is 5.10 Å². The molecule has 0 aliphatic rings. The van der Waals surface area contributed by atoms with E-state index in [4.69, 9.17) is 4.43 Å². The maximum Gasteiger partial charge on any atom is 0.331 e. The Bertz CT molecular complexity index is 721. The van der Waals surface area contributed by atoms with E-state index in [1.54, 1.807) is 6.20 Å². The van der Waals surface area contributed by atoms with Gasteiger partial charge in [-0.25, -0.2) is 9.48 Å². The first kappa shape index (κ1) is 20.4. The summed E-state index contributed by atoms with van der Waals surface area (Å²) in [5.41, 5.74) is 2.19. The van der Waals surface area contributed by atoms with Gasteiger partial charge in [0.1, 0.15) is 6.10 Å². The number of benzene rings is 1. The van der Waals surface area contributed by atoms with Crippen LogP contribution in [0.2, 0.25) is 18.1 Å². The zero-order valence-electron chi connectivity index (χ0n) is 16.4. The molecule has 142 valence electrons. The van der Waals surface area contributed by atoms with Crippen LogP contribution in [-0.2, 0) is 15.6 Å². The van der Waals surface area contributed by atoms with Crippen LogP contribution in [0.25, 0.3) is 5.69 Å². The summed E-state index contributed by atoms with van der Waals surface area (Å²) < 4.78 is 7.93. The average Bonchev–Trinajstić information content (AvgIpc) is 3.07. The van der Waals surface area contributed by atoms with Crippen LogP contribution < -0.4 is 0 Å². The topological polar surface area (TPSA) is 64.4 Å². The van der Waals surface area contributed by atoms with E-state index in [9.17, 15) is 9.90 Å². The molecule has 1 heterocycles. The maximum absolute atomic E-state index is 11.6. The first-order valence-electron chi connectivity index (χ1n) is 9.10. The molecule has 5 nitrogen and oxygen atoms in total. The summed E-state index contributed by atoms with van der Waals surface area (Å²) in [4.78, 5) is 11.6. The van der Waals surface area contributed by atoms with Crippen molar-refractivity contribution in [2.45, 2.75) is 64.3 Å². The van der Waals surface area contributed by atoms with Crippen molar-refractivity contribution in [1.29, 1.82) is 0 Å². The smallest absolute Gasteiger partial charge is 0.331 e. The van der Waals surface area contributed by atoms with Crippen molar-refractivity contribution in [3.05, 3.63) is 48.3 Å². The Balaban J connectivity index is 1.96. The van der Waals surface area contributed by atoms with Crippen LogP contribution in [0.15, 0.2) is 42.7 Å². The standard InChI is InChI=1S/C20H30N2O3Si/c1-20(2,3)26(4,5)25-18(19(23)24)12-7-10-16-9-6-11-17(15-16)22-14-8-13-21-22/h6,8-9,11,13-15,18H,7,10,12H2,1-5H3,(H,23,24)/t18-/m1/s1. The Morgan fingerprint density at radius 3 is 2.62 bits per heavy atom. The minimum Gasteiger partial charge on any atom is -0.479 e. The Labute approximate surface area is 157 Å². The van der Waals surface area contributed by atoms with E-state index < -0.39 is 20.4 Å².